The third-order valence-electron chi connectivity index (χ3n) is 2.42. The Bertz CT molecular complexity index is 564. The summed E-state index contributed by atoms with van der Waals surface area (Å²) in [5.74, 6) is -1.44. The minimum absolute atomic E-state index is 0.0539. The molecule has 4 heteroatoms. The van der Waals surface area contributed by atoms with Gasteiger partial charge in [-0.25, -0.2) is 14.2 Å². The molecule has 0 aliphatic heterocycles. The van der Waals surface area contributed by atoms with Gasteiger partial charge in [0, 0.05) is 17.3 Å². The van der Waals surface area contributed by atoms with E-state index in [2.05, 4.69) is 4.98 Å². The van der Waals surface area contributed by atoms with Gasteiger partial charge in [0.05, 0.1) is 0 Å². The standard InChI is InChI=1S/C13H10FNO2/c1-8-2-4-11(14)10(6-8)9-3-5-12(13(16)17)15-7-9/h2-7H,1H3,(H,16,17). The smallest absolute Gasteiger partial charge is 0.354 e. The maximum Gasteiger partial charge on any atom is 0.354 e. The second kappa shape index (κ2) is 4.33. The van der Waals surface area contributed by atoms with Crippen molar-refractivity contribution in [1.29, 1.82) is 0 Å². The Labute approximate surface area is 97.6 Å². The number of aryl methyl sites for hydroxylation is 1. The first-order valence-corrected chi connectivity index (χ1v) is 5.04. The highest BCUT2D eigenvalue weighted by atomic mass is 19.1. The van der Waals surface area contributed by atoms with Gasteiger partial charge >= 0.3 is 5.97 Å². The van der Waals surface area contributed by atoms with Gasteiger partial charge in [0.1, 0.15) is 11.5 Å². The molecule has 1 aromatic carbocycles. The van der Waals surface area contributed by atoms with Crippen LogP contribution in [0.25, 0.3) is 11.1 Å². The molecule has 3 nitrogen and oxygen atoms in total. The molecule has 0 aliphatic rings. The number of carboxylic acid groups (broad SMARTS) is 1. The Morgan fingerprint density at radius 3 is 2.65 bits per heavy atom. The van der Waals surface area contributed by atoms with Gasteiger partial charge in [-0.05, 0) is 25.1 Å². The second-order valence-electron chi connectivity index (χ2n) is 3.72. The summed E-state index contributed by atoms with van der Waals surface area (Å²) in [6.45, 7) is 1.86. The summed E-state index contributed by atoms with van der Waals surface area (Å²) < 4.78 is 13.6. The number of nitrogens with zero attached hydrogens (tertiary/aromatic N) is 1. The Hall–Kier alpha value is -2.23. The van der Waals surface area contributed by atoms with Crippen LogP contribution in [0.4, 0.5) is 4.39 Å². The van der Waals surface area contributed by atoms with Gasteiger partial charge in [0.15, 0.2) is 0 Å². The molecule has 1 aromatic heterocycles. The summed E-state index contributed by atoms with van der Waals surface area (Å²) in [6, 6.07) is 7.67. The average Bonchev–Trinajstić information content (AvgIpc) is 2.32. The number of hydrogen-bond acceptors (Lipinski definition) is 2. The number of aromatic carboxylic acids is 1. The third-order valence-corrected chi connectivity index (χ3v) is 2.42. The molecule has 0 aliphatic carbocycles. The van der Waals surface area contributed by atoms with Gasteiger partial charge < -0.3 is 5.11 Å². The summed E-state index contributed by atoms with van der Waals surface area (Å²) in [4.78, 5) is 14.4. The lowest BCUT2D eigenvalue weighted by molar-refractivity contribution is 0.0690. The Balaban J connectivity index is 2.46. The lowest BCUT2D eigenvalue weighted by Gasteiger charge is -2.04. The molecule has 0 amide bonds. The van der Waals surface area contributed by atoms with Gasteiger partial charge in [0.25, 0.3) is 0 Å². The third kappa shape index (κ3) is 2.30. The van der Waals surface area contributed by atoms with Crippen LogP contribution in [0.3, 0.4) is 0 Å². The summed E-state index contributed by atoms with van der Waals surface area (Å²) >= 11 is 0. The highest BCUT2D eigenvalue weighted by Gasteiger charge is 2.08. The van der Waals surface area contributed by atoms with E-state index in [1.165, 1.54) is 18.3 Å². The van der Waals surface area contributed by atoms with Crippen molar-refractivity contribution in [3.8, 4) is 11.1 Å². The Kier molecular flexibility index (Phi) is 2.87. The maximum atomic E-state index is 13.6. The van der Waals surface area contributed by atoms with Crippen LogP contribution in [0.2, 0.25) is 0 Å². The molecule has 0 unspecified atom stereocenters. The van der Waals surface area contributed by atoms with Gasteiger partial charge in [-0.3, -0.25) is 0 Å². The van der Waals surface area contributed by atoms with Crippen molar-refractivity contribution in [2.24, 2.45) is 0 Å². The molecule has 1 N–H and O–H groups in total. The van der Waals surface area contributed by atoms with E-state index in [0.29, 0.717) is 11.1 Å². The van der Waals surface area contributed by atoms with Gasteiger partial charge in [-0.2, -0.15) is 0 Å². The molecule has 0 spiro atoms. The van der Waals surface area contributed by atoms with Crippen LogP contribution >= 0.6 is 0 Å². The fourth-order valence-electron chi connectivity index (χ4n) is 1.54. The number of aromatic nitrogens is 1. The molecule has 0 saturated heterocycles. The maximum absolute atomic E-state index is 13.6. The topological polar surface area (TPSA) is 50.2 Å². The van der Waals surface area contributed by atoms with E-state index >= 15 is 0 Å². The van der Waals surface area contributed by atoms with Crippen LogP contribution < -0.4 is 0 Å². The number of benzene rings is 1. The van der Waals surface area contributed by atoms with Crippen LogP contribution in [0.5, 0.6) is 0 Å². The van der Waals surface area contributed by atoms with Gasteiger partial charge in [-0.1, -0.05) is 17.7 Å². The number of pyridine rings is 1. The molecule has 2 rings (SSSR count). The van der Waals surface area contributed by atoms with Crippen molar-refractivity contribution in [3.05, 3.63) is 53.6 Å². The van der Waals surface area contributed by atoms with Crippen molar-refractivity contribution < 1.29 is 14.3 Å². The summed E-state index contributed by atoms with van der Waals surface area (Å²) in [5.41, 5.74) is 1.87. The number of carbonyl (C=O) groups is 1. The van der Waals surface area contributed by atoms with E-state index in [9.17, 15) is 9.18 Å². The highest BCUT2D eigenvalue weighted by Crippen LogP contribution is 2.23. The van der Waals surface area contributed by atoms with Crippen molar-refractivity contribution in [2.45, 2.75) is 6.92 Å². The molecule has 1 heterocycles. The first-order chi connectivity index (χ1) is 8.08. The van der Waals surface area contributed by atoms with E-state index in [4.69, 9.17) is 5.11 Å². The monoisotopic (exact) mass is 231 g/mol. The first kappa shape index (κ1) is 11.3. The van der Waals surface area contributed by atoms with Crippen molar-refractivity contribution in [1.82, 2.24) is 4.98 Å². The van der Waals surface area contributed by atoms with Gasteiger partial charge in [0.2, 0.25) is 0 Å². The molecule has 86 valence electrons. The van der Waals surface area contributed by atoms with Crippen LogP contribution in [-0.2, 0) is 0 Å². The lowest BCUT2D eigenvalue weighted by atomic mass is 10.0. The molecular weight excluding hydrogens is 221 g/mol. The summed E-state index contributed by atoms with van der Waals surface area (Å²) in [5, 5.41) is 8.71. The highest BCUT2D eigenvalue weighted by molar-refractivity contribution is 5.85. The molecule has 0 radical (unpaired) electrons. The molecular formula is C13H10FNO2. The fraction of sp³-hybridized carbons (Fsp3) is 0.0769. The van der Waals surface area contributed by atoms with Crippen molar-refractivity contribution in [2.75, 3.05) is 0 Å². The summed E-state index contributed by atoms with van der Waals surface area (Å²) in [6.07, 6.45) is 1.36. The fourth-order valence-corrected chi connectivity index (χ4v) is 1.54. The Morgan fingerprint density at radius 2 is 2.06 bits per heavy atom. The van der Waals surface area contributed by atoms with Crippen molar-refractivity contribution >= 4 is 5.97 Å². The zero-order valence-corrected chi connectivity index (χ0v) is 9.14. The minimum atomic E-state index is -1.10. The van der Waals surface area contributed by atoms with E-state index < -0.39 is 5.97 Å². The van der Waals surface area contributed by atoms with Crippen LogP contribution in [0.15, 0.2) is 36.5 Å². The van der Waals surface area contributed by atoms with Crippen LogP contribution in [0, 0.1) is 12.7 Å². The predicted molar refractivity (Wildman–Crippen MR) is 61.3 cm³/mol. The zero-order chi connectivity index (χ0) is 12.4. The largest absolute Gasteiger partial charge is 0.477 e. The first-order valence-electron chi connectivity index (χ1n) is 5.04. The SMILES string of the molecule is Cc1ccc(F)c(-c2ccc(C(=O)O)nc2)c1. The lowest BCUT2D eigenvalue weighted by Crippen LogP contribution is -1.99. The second-order valence-corrected chi connectivity index (χ2v) is 3.72. The molecule has 0 fully saturated rings. The quantitative estimate of drug-likeness (QED) is 0.864. The number of carboxylic acids is 1. The number of halogens is 1. The minimum Gasteiger partial charge on any atom is -0.477 e. The average molecular weight is 231 g/mol. The van der Waals surface area contributed by atoms with Crippen molar-refractivity contribution in [3.63, 3.8) is 0 Å². The Morgan fingerprint density at radius 1 is 1.29 bits per heavy atom. The molecule has 2 aromatic rings. The zero-order valence-electron chi connectivity index (χ0n) is 9.14. The van der Waals surface area contributed by atoms with E-state index in [0.717, 1.165) is 5.56 Å². The molecule has 0 saturated carbocycles. The van der Waals surface area contributed by atoms with Gasteiger partial charge in [-0.15, -0.1) is 0 Å². The number of rotatable bonds is 2. The van der Waals surface area contributed by atoms with E-state index in [-0.39, 0.29) is 11.5 Å². The number of hydrogen-bond donors (Lipinski definition) is 1. The van der Waals surface area contributed by atoms with Crippen LogP contribution in [-0.4, -0.2) is 16.1 Å². The molecule has 0 atom stereocenters. The predicted octanol–water partition coefficient (Wildman–Crippen LogP) is 2.89. The molecule has 17 heavy (non-hydrogen) atoms. The normalized spacial score (nSPS) is 10.2. The van der Waals surface area contributed by atoms with E-state index in [1.54, 1.807) is 18.2 Å². The molecule has 0 bridgehead atoms. The van der Waals surface area contributed by atoms with Crippen LogP contribution in [0.1, 0.15) is 16.1 Å². The van der Waals surface area contributed by atoms with E-state index in [1.807, 2.05) is 6.92 Å². The summed E-state index contributed by atoms with van der Waals surface area (Å²) in [7, 11) is 0.